The minimum absolute atomic E-state index is 0.155. The van der Waals surface area contributed by atoms with E-state index in [2.05, 4.69) is 0 Å². The number of carbonyl (C=O) groups is 1. The number of ether oxygens (including phenoxy) is 5. The number of aliphatic hydroxyl groups excluding tert-OH is 4. The van der Waals surface area contributed by atoms with Crippen LogP contribution in [0.1, 0.15) is 22.3 Å². The monoisotopic (exact) mass is 478 g/mol. The summed E-state index contributed by atoms with van der Waals surface area (Å²) in [5, 5.41) is 39.1. The van der Waals surface area contributed by atoms with E-state index in [1.54, 1.807) is 36.4 Å². The molecule has 0 spiro atoms. The molecule has 186 valence electrons. The van der Waals surface area contributed by atoms with Crippen LogP contribution in [0.5, 0.6) is 23.0 Å². The molecule has 0 saturated carbocycles. The van der Waals surface area contributed by atoms with Crippen molar-refractivity contribution in [1.29, 1.82) is 0 Å². The molecule has 2 aromatic carbocycles. The topological polar surface area (TPSA) is 144 Å². The van der Waals surface area contributed by atoms with Crippen molar-refractivity contribution < 1.29 is 48.9 Å². The average Bonchev–Trinajstić information content (AvgIpc) is 2.87. The van der Waals surface area contributed by atoms with Gasteiger partial charge in [-0.15, -0.1) is 0 Å². The van der Waals surface area contributed by atoms with E-state index in [4.69, 9.17) is 23.7 Å². The van der Waals surface area contributed by atoms with Gasteiger partial charge in [-0.1, -0.05) is 12.1 Å². The third kappa shape index (κ3) is 5.60. The highest BCUT2D eigenvalue weighted by Crippen LogP contribution is 2.35. The summed E-state index contributed by atoms with van der Waals surface area (Å²) < 4.78 is 26.8. The maximum Gasteiger partial charge on any atom is 0.229 e. The smallest absolute Gasteiger partial charge is 0.229 e. The molecule has 1 aliphatic heterocycles. The molecule has 1 heterocycles. The third-order valence-electron chi connectivity index (χ3n) is 5.66. The molecule has 0 unspecified atom stereocenters. The zero-order valence-corrected chi connectivity index (χ0v) is 19.2. The fourth-order valence-corrected chi connectivity index (χ4v) is 3.70. The zero-order valence-electron chi connectivity index (χ0n) is 19.2. The number of aryl methyl sites for hydroxylation is 1. The van der Waals surface area contributed by atoms with Crippen molar-refractivity contribution in [3.05, 3.63) is 47.5 Å². The van der Waals surface area contributed by atoms with Crippen LogP contribution in [0.25, 0.3) is 0 Å². The minimum Gasteiger partial charge on any atom is -0.496 e. The molecule has 2 aromatic rings. The van der Waals surface area contributed by atoms with Crippen molar-refractivity contribution in [1.82, 2.24) is 0 Å². The van der Waals surface area contributed by atoms with E-state index in [0.29, 0.717) is 35.0 Å². The highest BCUT2D eigenvalue weighted by atomic mass is 16.7. The molecule has 5 atom stereocenters. The summed E-state index contributed by atoms with van der Waals surface area (Å²) in [4.78, 5) is 12.9. The van der Waals surface area contributed by atoms with Crippen LogP contribution in [0.2, 0.25) is 0 Å². The third-order valence-corrected chi connectivity index (χ3v) is 5.66. The van der Waals surface area contributed by atoms with Gasteiger partial charge in [0.1, 0.15) is 53.0 Å². The molecule has 3 rings (SSSR count). The Morgan fingerprint density at radius 3 is 2.03 bits per heavy atom. The van der Waals surface area contributed by atoms with Gasteiger partial charge in [0.05, 0.1) is 27.9 Å². The zero-order chi connectivity index (χ0) is 24.8. The average molecular weight is 478 g/mol. The number of benzene rings is 2. The number of hydrogen-bond acceptors (Lipinski definition) is 10. The van der Waals surface area contributed by atoms with Crippen molar-refractivity contribution >= 4 is 5.78 Å². The van der Waals surface area contributed by atoms with Gasteiger partial charge in [0.2, 0.25) is 6.29 Å². The first kappa shape index (κ1) is 25.7. The Bertz CT molecular complexity index is 934. The number of aliphatic hydroxyl groups is 4. The number of methoxy groups -OCH3 is 3. The van der Waals surface area contributed by atoms with Crippen LogP contribution in [0.15, 0.2) is 36.4 Å². The van der Waals surface area contributed by atoms with E-state index < -0.39 is 37.3 Å². The second kappa shape index (κ2) is 11.5. The largest absolute Gasteiger partial charge is 0.496 e. The molecular formula is C24H30O10. The maximum absolute atomic E-state index is 12.9. The van der Waals surface area contributed by atoms with Gasteiger partial charge < -0.3 is 44.1 Å². The predicted octanol–water partition coefficient (Wildman–Crippen LogP) is 0.707. The number of carbonyl (C=O) groups excluding carboxylic acids is 1. The summed E-state index contributed by atoms with van der Waals surface area (Å²) in [6, 6.07) is 10.0. The maximum atomic E-state index is 12.9. The molecule has 10 heteroatoms. The Balaban J connectivity index is 1.64. The first-order valence-corrected chi connectivity index (χ1v) is 10.7. The van der Waals surface area contributed by atoms with Crippen molar-refractivity contribution in [3.63, 3.8) is 0 Å². The van der Waals surface area contributed by atoms with Crippen LogP contribution in [0, 0.1) is 0 Å². The van der Waals surface area contributed by atoms with Gasteiger partial charge in [-0.3, -0.25) is 4.79 Å². The lowest BCUT2D eigenvalue weighted by atomic mass is 9.99. The number of hydrogen-bond donors (Lipinski definition) is 4. The summed E-state index contributed by atoms with van der Waals surface area (Å²) >= 11 is 0. The lowest BCUT2D eigenvalue weighted by Gasteiger charge is -2.39. The van der Waals surface area contributed by atoms with Gasteiger partial charge in [-0.25, -0.2) is 0 Å². The molecular weight excluding hydrogens is 448 g/mol. The fourth-order valence-electron chi connectivity index (χ4n) is 3.70. The lowest BCUT2D eigenvalue weighted by Crippen LogP contribution is -2.60. The highest BCUT2D eigenvalue weighted by Gasteiger charge is 2.44. The Morgan fingerprint density at radius 1 is 0.882 bits per heavy atom. The van der Waals surface area contributed by atoms with Crippen molar-refractivity contribution in [2.24, 2.45) is 0 Å². The molecule has 1 fully saturated rings. The van der Waals surface area contributed by atoms with Gasteiger partial charge >= 0.3 is 0 Å². The summed E-state index contributed by atoms with van der Waals surface area (Å²) in [6.45, 7) is -0.540. The summed E-state index contributed by atoms with van der Waals surface area (Å²) in [7, 11) is 4.46. The lowest BCUT2D eigenvalue weighted by molar-refractivity contribution is -0.277. The number of Topliss-reactive ketones (excluding diaryl/α,β-unsaturated/α-hetero) is 1. The molecule has 0 bridgehead atoms. The summed E-state index contributed by atoms with van der Waals surface area (Å²) in [6.07, 6.45) is -6.15. The molecule has 0 amide bonds. The van der Waals surface area contributed by atoms with Gasteiger partial charge in [-0.05, 0) is 24.1 Å². The quantitative estimate of drug-likeness (QED) is 0.360. The highest BCUT2D eigenvalue weighted by molar-refractivity contribution is 6.01. The predicted molar refractivity (Wildman–Crippen MR) is 120 cm³/mol. The molecule has 0 radical (unpaired) electrons. The standard InChI is InChI=1S/C24H30O10/c1-30-15-10-17(31-2)20(18(11-15)32-3)16(26)9-6-13-4-7-14(8-5-13)33-24-23(29)22(28)21(27)19(12-25)34-24/h4-5,7-8,10-11,19,21-25,27-29H,6,9,12H2,1-3H3/t19-,21-,22+,23-,24-/m1/s1. The molecule has 1 saturated heterocycles. The van der Waals surface area contributed by atoms with Crippen molar-refractivity contribution in [2.75, 3.05) is 27.9 Å². The van der Waals surface area contributed by atoms with Crippen molar-refractivity contribution in [2.45, 2.75) is 43.5 Å². The first-order valence-electron chi connectivity index (χ1n) is 10.7. The molecule has 0 aromatic heterocycles. The van der Waals surface area contributed by atoms with E-state index in [-0.39, 0.29) is 12.2 Å². The molecule has 10 nitrogen and oxygen atoms in total. The van der Waals surface area contributed by atoms with Crippen LogP contribution < -0.4 is 18.9 Å². The van der Waals surface area contributed by atoms with Crippen LogP contribution in [-0.4, -0.2) is 84.9 Å². The SMILES string of the molecule is COc1cc(OC)c(C(=O)CCc2ccc(O[C@@H]3O[C@H](CO)[C@@H](O)[C@H](O)[C@H]3O)cc2)c(OC)c1. The first-order chi connectivity index (χ1) is 16.3. The second-order valence-electron chi connectivity index (χ2n) is 7.79. The van der Waals surface area contributed by atoms with Crippen molar-refractivity contribution in [3.8, 4) is 23.0 Å². The van der Waals surface area contributed by atoms with E-state index in [1.807, 2.05) is 0 Å². The van der Waals surface area contributed by atoms with E-state index in [9.17, 15) is 25.2 Å². The second-order valence-corrected chi connectivity index (χ2v) is 7.79. The number of rotatable bonds is 10. The van der Waals surface area contributed by atoms with E-state index in [0.717, 1.165) is 5.56 Å². The van der Waals surface area contributed by atoms with E-state index in [1.165, 1.54) is 21.3 Å². The van der Waals surface area contributed by atoms with Crippen LogP contribution in [0.3, 0.4) is 0 Å². The molecule has 34 heavy (non-hydrogen) atoms. The Morgan fingerprint density at radius 2 is 1.50 bits per heavy atom. The fraction of sp³-hybridized carbons (Fsp3) is 0.458. The van der Waals surface area contributed by atoms with E-state index >= 15 is 0 Å². The van der Waals surface area contributed by atoms with Crippen LogP contribution in [0.4, 0.5) is 0 Å². The molecule has 4 N–H and O–H groups in total. The minimum atomic E-state index is -1.52. The van der Waals surface area contributed by atoms with Gasteiger partial charge in [0.15, 0.2) is 5.78 Å². The van der Waals surface area contributed by atoms with Gasteiger partial charge in [0, 0.05) is 18.6 Å². The normalized spacial score (nSPS) is 24.4. The van der Waals surface area contributed by atoms with Gasteiger partial charge in [-0.2, -0.15) is 0 Å². The Hall–Kier alpha value is -2.89. The Labute approximate surface area is 197 Å². The number of ketones is 1. The Kier molecular flexibility index (Phi) is 8.70. The van der Waals surface area contributed by atoms with Crippen LogP contribution >= 0.6 is 0 Å². The van der Waals surface area contributed by atoms with Gasteiger partial charge in [0.25, 0.3) is 0 Å². The van der Waals surface area contributed by atoms with Crippen LogP contribution in [-0.2, 0) is 11.2 Å². The summed E-state index contributed by atoms with van der Waals surface area (Å²) in [5.41, 5.74) is 1.20. The molecule has 0 aliphatic carbocycles. The molecule has 1 aliphatic rings. The summed E-state index contributed by atoms with van der Waals surface area (Å²) in [5.74, 6) is 1.44.